The van der Waals surface area contributed by atoms with Crippen LogP contribution in [0.3, 0.4) is 0 Å². The number of amides is 2. The summed E-state index contributed by atoms with van der Waals surface area (Å²) in [5.74, 6) is 0. The van der Waals surface area contributed by atoms with Crippen LogP contribution in [-0.4, -0.2) is 17.5 Å². The Balaban J connectivity index is 1.80. The van der Waals surface area contributed by atoms with Gasteiger partial charge in [-0.15, -0.1) is 11.3 Å². The van der Waals surface area contributed by atoms with Gasteiger partial charge in [-0.3, -0.25) is 0 Å². The third kappa shape index (κ3) is 3.81. The molecule has 2 amide bonds. The molecule has 0 bridgehead atoms. The molecule has 0 saturated carbocycles. The molecule has 3 rings (SSSR count). The van der Waals surface area contributed by atoms with Crippen molar-refractivity contribution in [2.75, 3.05) is 11.9 Å². The number of aryl methyl sites for hydroxylation is 3. The molecule has 0 radical (unpaired) electrons. The standard InChI is InChI=1S/C20H26N2OS/c1-14-8-10-17(13-15(14)2)21-20(23)22-12-6-4-5-7-18(22)19-11-9-16(3)24-19/h8-11,13,18H,4-7,12H2,1-3H3,(H,21,23)/t18-/m0/s1. The summed E-state index contributed by atoms with van der Waals surface area (Å²) < 4.78 is 0. The van der Waals surface area contributed by atoms with E-state index in [2.05, 4.69) is 50.4 Å². The van der Waals surface area contributed by atoms with E-state index < -0.39 is 0 Å². The molecule has 1 atom stereocenters. The van der Waals surface area contributed by atoms with E-state index in [0.717, 1.165) is 25.1 Å². The summed E-state index contributed by atoms with van der Waals surface area (Å²) in [5, 5.41) is 3.11. The average Bonchev–Trinajstić information content (AvgIpc) is 2.83. The first kappa shape index (κ1) is 17.0. The molecular formula is C20H26N2OS. The number of benzene rings is 1. The second-order valence-corrected chi connectivity index (χ2v) is 8.06. The molecule has 1 fully saturated rings. The van der Waals surface area contributed by atoms with Crippen LogP contribution in [0, 0.1) is 20.8 Å². The fraction of sp³-hybridized carbons (Fsp3) is 0.450. The normalized spacial score (nSPS) is 18.3. The number of hydrogen-bond acceptors (Lipinski definition) is 2. The Kier molecular flexibility index (Phi) is 5.24. The van der Waals surface area contributed by atoms with E-state index in [1.54, 1.807) is 0 Å². The maximum atomic E-state index is 12.9. The van der Waals surface area contributed by atoms with Crippen molar-refractivity contribution < 1.29 is 4.79 Å². The molecule has 1 aliphatic heterocycles. The minimum absolute atomic E-state index is 0.0243. The molecule has 24 heavy (non-hydrogen) atoms. The van der Waals surface area contributed by atoms with Gasteiger partial charge in [0.2, 0.25) is 0 Å². The molecule has 1 N–H and O–H groups in total. The maximum Gasteiger partial charge on any atom is 0.322 e. The van der Waals surface area contributed by atoms with Gasteiger partial charge < -0.3 is 10.2 Å². The summed E-state index contributed by atoms with van der Waals surface area (Å²) in [6.07, 6.45) is 4.53. The number of rotatable bonds is 2. The van der Waals surface area contributed by atoms with Gasteiger partial charge in [0.05, 0.1) is 6.04 Å². The summed E-state index contributed by atoms with van der Waals surface area (Å²) >= 11 is 1.81. The molecular weight excluding hydrogens is 316 g/mol. The lowest BCUT2D eigenvalue weighted by Gasteiger charge is -2.29. The Morgan fingerprint density at radius 3 is 2.62 bits per heavy atom. The molecule has 4 heteroatoms. The number of urea groups is 1. The Bertz CT molecular complexity index is 722. The molecule has 128 valence electrons. The van der Waals surface area contributed by atoms with Crippen molar-refractivity contribution in [3.8, 4) is 0 Å². The topological polar surface area (TPSA) is 32.3 Å². The molecule has 1 aromatic carbocycles. The van der Waals surface area contributed by atoms with Crippen molar-refractivity contribution in [3.05, 3.63) is 51.2 Å². The maximum absolute atomic E-state index is 12.9. The minimum Gasteiger partial charge on any atom is -0.317 e. The monoisotopic (exact) mass is 342 g/mol. The summed E-state index contributed by atoms with van der Waals surface area (Å²) in [6, 6.07) is 10.7. The quantitative estimate of drug-likeness (QED) is 0.732. The van der Waals surface area contributed by atoms with Crippen molar-refractivity contribution in [1.82, 2.24) is 4.90 Å². The highest BCUT2D eigenvalue weighted by atomic mass is 32.1. The van der Waals surface area contributed by atoms with E-state index in [4.69, 9.17) is 0 Å². The Morgan fingerprint density at radius 2 is 1.92 bits per heavy atom. The van der Waals surface area contributed by atoms with Crippen molar-refractivity contribution in [2.45, 2.75) is 52.5 Å². The van der Waals surface area contributed by atoms with E-state index >= 15 is 0 Å². The first-order valence-corrected chi connectivity index (χ1v) is 9.57. The highest BCUT2D eigenvalue weighted by Crippen LogP contribution is 2.34. The lowest BCUT2D eigenvalue weighted by molar-refractivity contribution is 0.190. The Morgan fingerprint density at radius 1 is 1.08 bits per heavy atom. The van der Waals surface area contributed by atoms with E-state index in [-0.39, 0.29) is 12.1 Å². The van der Waals surface area contributed by atoms with Gasteiger partial charge in [0.25, 0.3) is 0 Å². The van der Waals surface area contributed by atoms with Crippen LogP contribution in [0.25, 0.3) is 0 Å². The highest BCUT2D eigenvalue weighted by Gasteiger charge is 2.27. The molecule has 1 saturated heterocycles. The largest absolute Gasteiger partial charge is 0.322 e. The van der Waals surface area contributed by atoms with Crippen LogP contribution in [-0.2, 0) is 0 Å². The van der Waals surface area contributed by atoms with Crippen molar-refractivity contribution in [1.29, 1.82) is 0 Å². The van der Waals surface area contributed by atoms with E-state index in [0.29, 0.717) is 0 Å². The van der Waals surface area contributed by atoms with Crippen LogP contribution < -0.4 is 5.32 Å². The van der Waals surface area contributed by atoms with Gasteiger partial charge >= 0.3 is 6.03 Å². The lowest BCUT2D eigenvalue weighted by Crippen LogP contribution is -2.37. The van der Waals surface area contributed by atoms with Crippen molar-refractivity contribution in [2.24, 2.45) is 0 Å². The Hall–Kier alpha value is -1.81. The molecule has 1 aromatic heterocycles. The predicted octanol–water partition coefficient (Wildman–Crippen LogP) is 5.82. The van der Waals surface area contributed by atoms with Gasteiger partial charge in [-0.05, 0) is 69.0 Å². The van der Waals surface area contributed by atoms with E-state index in [1.165, 1.54) is 33.7 Å². The van der Waals surface area contributed by atoms with Crippen LogP contribution in [0.4, 0.5) is 10.5 Å². The number of thiophene rings is 1. The number of nitrogens with one attached hydrogen (secondary N) is 1. The zero-order valence-corrected chi connectivity index (χ0v) is 15.6. The van der Waals surface area contributed by atoms with Crippen LogP contribution in [0.2, 0.25) is 0 Å². The molecule has 1 aliphatic rings. The second-order valence-electron chi connectivity index (χ2n) is 6.74. The van der Waals surface area contributed by atoms with Gasteiger partial charge in [0.15, 0.2) is 0 Å². The summed E-state index contributed by atoms with van der Waals surface area (Å²) in [4.78, 5) is 17.6. The molecule has 2 heterocycles. The van der Waals surface area contributed by atoms with Crippen molar-refractivity contribution >= 4 is 23.1 Å². The Labute approximate surface area is 148 Å². The van der Waals surface area contributed by atoms with Crippen molar-refractivity contribution in [3.63, 3.8) is 0 Å². The summed E-state index contributed by atoms with van der Waals surface area (Å²) in [6.45, 7) is 7.13. The number of hydrogen-bond donors (Lipinski definition) is 1. The van der Waals surface area contributed by atoms with Crippen LogP contribution in [0.5, 0.6) is 0 Å². The fourth-order valence-corrected chi connectivity index (χ4v) is 4.32. The summed E-state index contributed by atoms with van der Waals surface area (Å²) in [7, 11) is 0. The van der Waals surface area contributed by atoms with Gasteiger partial charge in [-0.2, -0.15) is 0 Å². The van der Waals surface area contributed by atoms with Gasteiger partial charge in [0, 0.05) is 22.0 Å². The number of likely N-dealkylation sites (tertiary alicyclic amines) is 1. The SMILES string of the molecule is Cc1ccc([C@@H]2CCCCCN2C(=O)Nc2ccc(C)c(C)c2)s1. The number of nitrogens with zero attached hydrogens (tertiary/aromatic N) is 1. The fourth-order valence-electron chi connectivity index (χ4n) is 3.29. The molecule has 3 nitrogen and oxygen atoms in total. The summed E-state index contributed by atoms with van der Waals surface area (Å²) in [5.41, 5.74) is 3.33. The van der Waals surface area contributed by atoms with Crippen LogP contribution in [0.15, 0.2) is 30.3 Å². The van der Waals surface area contributed by atoms with E-state index in [1.807, 2.05) is 22.3 Å². The molecule has 0 unspecified atom stereocenters. The van der Waals surface area contributed by atoms with E-state index in [9.17, 15) is 4.79 Å². The molecule has 2 aromatic rings. The first-order chi connectivity index (χ1) is 11.5. The minimum atomic E-state index is 0.0243. The molecule has 0 spiro atoms. The first-order valence-electron chi connectivity index (χ1n) is 8.76. The smallest absolute Gasteiger partial charge is 0.317 e. The van der Waals surface area contributed by atoms with Gasteiger partial charge in [0.1, 0.15) is 0 Å². The highest BCUT2D eigenvalue weighted by molar-refractivity contribution is 7.12. The third-order valence-electron chi connectivity index (χ3n) is 4.86. The lowest BCUT2D eigenvalue weighted by atomic mass is 10.1. The van der Waals surface area contributed by atoms with Gasteiger partial charge in [-0.1, -0.05) is 18.9 Å². The number of carbonyl (C=O) groups excluding carboxylic acids is 1. The zero-order valence-electron chi connectivity index (χ0n) is 14.8. The number of carbonyl (C=O) groups is 1. The molecule has 0 aliphatic carbocycles. The second kappa shape index (κ2) is 7.39. The van der Waals surface area contributed by atoms with Crippen LogP contribution in [0.1, 0.15) is 52.6 Å². The van der Waals surface area contributed by atoms with Crippen LogP contribution >= 0.6 is 11.3 Å². The van der Waals surface area contributed by atoms with Gasteiger partial charge in [-0.25, -0.2) is 4.79 Å². The predicted molar refractivity (Wildman–Crippen MR) is 102 cm³/mol. The zero-order chi connectivity index (χ0) is 17.1. The number of anilines is 1. The third-order valence-corrected chi connectivity index (χ3v) is 5.96. The average molecular weight is 343 g/mol.